The molecular weight excluding hydrogens is 167 g/mol. The molecule has 1 fully saturated rings. The van der Waals surface area contributed by atoms with Gasteiger partial charge in [-0.3, -0.25) is 0 Å². The molecular formula is C11H15FO. The smallest absolute Gasteiger partial charge is 0.0849 e. The minimum atomic E-state index is 0.300. The van der Waals surface area contributed by atoms with Crippen molar-refractivity contribution in [2.24, 2.45) is 11.3 Å². The normalized spacial score (nSPS) is 36.5. The van der Waals surface area contributed by atoms with E-state index in [1.807, 2.05) is 0 Å². The molecule has 2 unspecified atom stereocenters. The fourth-order valence-electron chi connectivity index (χ4n) is 2.40. The van der Waals surface area contributed by atoms with Gasteiger partial charge in [0, 0.05) is 5.41 Å². The lowest BCUT2D eigenvalue weighted by Crippen LogP contribution is -2.19. The number of allylic oxidation sites excluding steroid dienone is 1. The van der Waals surface area contributed by atoms with Crippen LogP contribution < -0.4 is 0 Å². The molecule has 72 valence electrons. The first kappa shape index (κ1) is 8.95. The average molecular weight is 182 g/mol. The molecule has 1 nitrogen and oxygen atoms in total. The zero-order valence-corrected chi connectivity index (χ0v) is 7.71. The number of fused-ring (bicyclic) bond motifs is 2. The van der Waals surface area contributed by atoms with Crippen molar-refractivity contribution >= 4 is 0 Å². The quantitative estimate of drug-likeness (QED) is 0.480. The molecule has 2 rings (SSSR count). The van der Waals surface area contributed by atoms with Gasteiger partial charge < -0.3 is 4.74 Å². The van der Waals surface area contributed by atoms with Crippen LogP contribution in [0, 0.1) is 11.3 Å². The molecule has 0 aliphatic heterocycles. The predicted octanol–water partition coefficient (Wildman–Crippen LogP) is 2.84. The fourth-order valence-corrected chi connectivity index (χ4v) is 2.40. The van der Waals surface area contributed by atoms with E-state index >= 15 is 0 Å². The SMILES string of the molecule is FC=CCOCC12C=CC(CC1)C2. The summed E-state index contributed by atoms with van der Waals surface area (Å²) in [6, 6.07) is 0. The van der Waals surface area contributed by atoms with Crippen LogP contribution in [0.1, 0.15) is 19.3 Å². The van der Waals surface area contributed by atoms with E-state index in [-0.39, 0.29) is 0 Å². The van der Waals surface area contributed by atoms with Crippen molar-refractivity contribution < 1.29 is 9.13 Å². The second-order valence-corrected chi connectivity index (χ2v) is 4.10. The van der Waals surface area contributed by atoms with Gasteiger partial charge in [0.1, 0.15) is 0 Å². The molecule has 2 heteroatoms. The van der Waals surface area contributed by atoms with Gasteiger partial charge in [0.15, 0.2) is 0 Å². The Kier molecular flexibility index (Phi) is 2.49. The summed E-state index contributed by atoms with van der Waals surface area (Å²) in [7, 11) is 0. The van der Waals surface area contributed by atoms with Gasteiger partial charge in [-0.05, 0) is 31.3 Å². The summed E-state index contributed by atoms with van der Waals surface area (Å²) in [5.74, 6) is 0.792. The van der Waals surface area contributed by atoms with E-state index < -0.39 is 0 Å². The largest absolute Gasteiger partial charge is 0.376 e. The number of ether oxygens (including phenoxy) is 1. The fraction of sp³-hybridized carbons (Fsp3) is 0.636. The second-order valence-electron chi connectivity index (χ2n) is 4.10. The van der Waals surface area contributed by atoms with Crippen molar-refractivity contribution in [2.45, 2.75) is 19.3 Å². The third kappa shape index (κ3) is 1.83. The van der Waals surface area contributed by atoms with Crippen LogP contribution in [0.3, 0.4) is 0 Å². The van der Waals surface area contributed by atoms with Gasteiger partial charge in [0.2, 0.25) is 0 Å². The molecule has 2 aliphatic carbocycles. The van der Waals surface area contributed by atoms with Crippen LogP contribution in [0.4, 0.5) is 4.39 Å². The van der Waals surface area contributed by atoms with E-state index in [1.165, 1.54) is 25.3 Å². The molecule has 2 bridgehead atoms. The first-order valence-electron chi connectivity index (χ1n) is 4.87. The van der Waals surface area contributed by atoms with Gasteiger partial charge in [0.25, 0.3) is 0 Å². The lowest BCUT2D eigenvalue weighted by atomic mass is 9.89. The van der Waals surface area contributed by atoms with Crippen molar-refractivity contribution in [1.82, 2.24) is 0 Å². The molecule has 0 aromatic heterocycles. The molecule has 0 saturated heterocycles. The summed E-state index contributed by atoms with van der Waals surface area (Å²) >= 11 is 0. The van der Waals surface area contributed by atoms with E-state index in [4.69, 9.17) is 4.74 Å². The lowest BCUT2D eigenvalue weighted by molar-refractivity contribution is 0.0913. The standard InChI is InChI=1S/C11H15FO/c12-6-1-7-13-9-11-4-2-10(8-11)3-5-11/h1-2,4,6,10H,3,5,7-9H2. The molecule has 0 N–H and O–H groups in total. The lowest BCUT2D eigenvalue weighted by Gasteiger charge is -2.22. The molecule has 2 atom stereocenters. The average Bonchev–Trinajstić information content (AvgIpc) is 2.72. The van der Waals surface area contributed by atoms with E-state index in [0.29, 0.717) is 18.4 Å². The number of hydrogen-bond acceptors (Lipinski definition) is 1. The van der Waals surface area contributed by atoms with Gasteiger partial charge in [-0.1, -0.05) is 12.2 Å². The minimum absolute atomic E-state index is 0.300. The Hall–Kier alpha value is -0.630. The van der Waals surface area contributed by atoms with Crippen LogP contribution in [-0.4, -0.2) is 13.2 Å². The Balaban J connectivity index is 1.78. The Labute approximate surface area is 78.3 Å². The van der Waals surface area contributed by atoms with E-state index in [9.17, 15) is 4.39 Å². The molecule has 13 heavy (non-hydrogen) atoms. The van der Waals surface area contributed by atoms with Crippen LogP contribution >= 0.6 is 0 Å². The number of halogens is 1. The Morgan fingerprint density at radius 2 is 2.54 bits per heavy atom. The molecule has 2 aliphatic rings. The zero-order chi connectivity index (χ0) is 9.15. The van der Waals surface area contributed by atoms with Crippen molar-refractivity contribution in [3.63, 3.8) is 0 Å². The van der Waals surface area contributed by atoms with Crippen molar-refractivity contribution in [3.8, 4) is 0 Å². The number of rotatable bonds is 4. The topological polar surface area (TPSA) is 9.23 Å². The van der Waals surface area contributed by atoms with Crippen LogP contribution in [-0.2, 0) is 4.74 Å². The summed E-state index contributed by atoms with van der Waals surface area (Å²) in [5.41, 5.74) is 0.300. The van der Waals surface area contributed by atoms with Crippen LogP contribution in [0.25, 0.3) is 0 Å². The Morgan fingerprint density at radius 1 is 1.62 bits per heavy atom. The second kappa shape index (κ2) is 3.62. The molecule has 0 radical (unpaired) electrons. The van der Waals surface area contributed by atoms with E-state index in [0.717, 1.165) is 12.5 Å². The highest BCUT2D eigenvalue weighted by Gasteiger charge is 2.40. The van der Waals surface area contributed by atoms with Crippen molar-refractivity contribution in [1.29, 1.82) is 0 Å². The monoisotopic (exact) mass is 182 g/mol. The highest BCUT2D eigenvalue weighted by Crippen LogP contribution is 2.49. The molecule has 0 aromatic rings. The maximum Gasteiger partial charge on any atom is 0.0849 e. The van der Waals surface area contributed by atoms with Gasteiger partial charge >= 0.3 is 0 Å². The number of hydrogen-bond donors (Lipinski definition) is 0. The summed E-state index contributed by atoms with van der Waals surface area (Å²) in [6.07, 6.45) is 10.3. The highest BCUT2D eigenvalue weighted by molar-refractivity contribution is 5.15. The molecule has 0 heterocycles. The molecule has 0 aromatic carbocycles. The third-order valence-electron chi connectivity index (χ3n) is 3.10. The highest BCUT2D eigenvalue weighted by atomic mass is 19.1. The van der Waals surface area contributed by atoms with Gasteiger partial charge in [-0.15, -0.1) is 0 Å². The summed E-state index contributed by atoms with van der Waals surface area (Å²) in [5, 5.41) is 0. The molecule has 0 spiro atoms. The predicted molar refractivity (Wildman–Crippen MR) is 50.0 cm³/mol. The van der Waals surface area contributed by atoms with Crippen molar-refractivity contribution in [3.05, 3.63) is 24.6 Å². The maximum absolute atomic E-state index is 11.6. The van der Waals surface area contributed by atoms with E-state index in [2.05, 4.69) is 12.2 Å². The maximum atomic E-state index is 11.6. The third-order valence-corrected chi connectivity index (χ3v) is 3.10. The summed E-state index contributed by atoms with van der Waals surface area (Å²) < 4.78 is 17.0. The summed E-state index contributed by atoms with van der Waals surface area (Å²) in [4.78, 5) is 0. The van der Waals surface area contributed by atoms with Crippen LogP contribution in [0.5, 0.6) is 0 Å². The first-order chi connectivity index (χ1) is 6.35. The van der Waals surface area contributed by atoms with E-state index in [1.54, 1.807) is 0 Å². The molecule has 0 amide bonds. The zero-order valence-electron chi connectivity index (χ0n) is 7.71. The minimum Gasteiger partial charge on any atom is -0.376 e. The van der Waals surface area contributed by atoms with Crippen molar-refractivity contribution in [2.75, 3.05) is 13.2 Å². The summed E-state index contributed by atoms with van der Waals surface area (Å²) in [6.45, 7) is 1.15. The Morgan fingerprint density at radius 3 is 3.08 bits per heavy atom. The first-order valence-corrected chi connectivity index (χ1v) is 4.87. The van der Waals surface area contributed by atoms with Crippen LogP contribution in [0.15, 0.2) is 24.6 Å². The van der Waals surface area contributed by atoms with Gasteiger partial charge in [-0.2, -0.15) is 0 Å². The molecule has 1 saturated carbocycles. The van der Waals surface area contributed by atoms with Gasteiger partial charge in [-0.25, -0.2) is 4.39 Å². The Bertz CT molecular complexity index is 234. The van der Waals surface area contributed by atoms with Gasteiger partial charge in [0.05, 0.1) is 19.5 Å². The van der Waals surface area contributed by atoms with Crippen LogP contribution in [0.2, 0.25) is 0 Å².